The molecule has 0 radical (unpaired) electrons. The van der Waals surface area contributed by atoms with Gasteiger partial charge in [0.15, 0.2) is 49.6 Å². The first kappa shape index (κ1) is 107. The Labute approximate surface area is 709 Å². The van der Waals surface area contributed by atoms with Crippen LogP contribution in [0.15, 0.2) is 0 Å². The normalized spacial score (nSPS) is 33.1. The average molecular weight is 1560 g/mol. The van der Waals surface area contributed by atoms with Crippen LogP contribution in [0.25, 0.3) is 0 Å². The predicted molar refractivity (Wildman–Crippen MR) is 219 cm³/mol. The minimum absolute atomic E-state index is 0. The molecule has 44 nitrogen and oxygen atoms in total. The Morgan fingerprint density at radius 1 is 0.258 bits per heavy atom. The second kappa shape index (κ2) is 43.2. The van der Waals surface area contributed by atoms with Crippen LogP contribution in [0.5, 0.6) is 0 Å². The van der Waals surface area contributed by atoms with Crippen molar-refractivity contribution in [3.05, 3.63) is 0 Å². The van der Waals surface area contributed by atoms with Gasteiger partial charge in [-0.05, 0) is 34.1 Å². The molecule has 0 aliphatic carbocycles. The van der Waals surface area contributed by atoms with Crippen LogP contribution in [0.3, 0.4) is 0 Å². The van der Waals surface area contributed by atoms with Crippen LogP contribution >= 0.6 is 0 Å². The fraction of sp³-hybridized carbons (Fsp3) is 1.00. The van der Waals surface area contributed by atoms with Gasteiger partial charge >= 0.3 is 266 Å². The van der Waals surface area contributed by atoms with E-state index in [-0.39, 0.29) is 272 Å². The maximum absolute atomic E-state index is 12.5. The molecule has 89 heavy (non-hydrogen) atoms. The summed E-state index contributed by atoms with van der Waals surface area (Å²) in [6, 6.07) is 0. The quantitative estimate of drug-likeness (QED) is 0.0419. The van der Waals surface area contributed by atoms with Gasteiger partial charge in [0.2, 0.25) is 93.6 Å². The van der Waals surface area contributed by atoms with E-state index in [1.807, 2.05) is 0 Å². The number of ether oxygens (including phenoxy) is 8. The molecule has 4 fully saturated rings. The molecule has 4 aliphatic rings. The molecule has 4 rings (SSSR count). The summed E-state index contributed by atoms with van der Waals surface area (Å²) < 4.78 is 408. The molecule has 0 spiro atoms. The Morgan fingerprint density at radius 3 is 0.618 bits per heavy atom. The van der Waals surface area contributed by atoms with Crippen molar-refractivity contribution in [2.45, 2.75) is 164 Å². The van der Waals surface area contributed by atoms with E-state index in [4.69, 9.17) is 37.9 Å². The molecule has 0 bridgehead atoms. The van der Waals surface area contributed by atoms with Crippen molar-refractivity contribution in [1.29, 1.82) is 0 Å². The predicted octanol–water partition coefficient (Wildman–Crippen LogP) is -35.8. The molecule has 4 aliphatic heterocycles. The smallest absolute Gasteiger partial charge is 0.726 e. The molecule has 4 saturated heterocycles. The van der Waals surface area contributed by atoms with Crippen LogP contribution in [-0.4, -0.2) is 246 Å². The summed E-state index contributed by atoms with van der Waals surface area (Å²) in [6.45, 7) is 3.49. The molecule has 0 aromatic heterocycles. The molecule has 62 heteroatoms. The summed E-state index contributed by atoms with van der Waals surface area (Å²) >= 11 is 0. The van der Waals surface area contributed by atoms with E-state index >= 15 is 0 Å². The largest absolute Gasteiger partial charge is 1.00 e. The minimum Gasteiger partial charge on any atom is -0.726 e. The summed E-state index contributed by atoms with van der Waals surface area (Å²) in [5.41, 5.74) is 0. The van der Waals surface area contributed by atoms with Gasteiger partial charge in [-0.1, -0.05) is 6.92 Å². The molecule has 0 amide bonds. The molecule has 0 saturated carbocycles. The van der Waals surface area contributed by atoms with Crippen LogP contribution in [0.4, 0.5) is 0 Å². The van der Waals surface area contributed by atoms with E-state index < -0.39 is 223 Å². The van der Waals surface area contributed by atoms with E-state index in [2.05, 4.69) is 37.6 Å². The van der Waals surface area contributed by atoms with Gasteiger partial charge in [0.1, 0.15) is 48.8 Å². The molecule has 4 heterocycles. The summed E-state index contributed by atoms with van der Waals surface area (Å²) in [6.07, 6.45) is -58.4. The molecular weight excluding hydrogens is 1520 g/mol. The van der Waals surface area contributed by atoms with Gasteiger partial charge in [-0.15, -0.1) is 0 Å². The van der Waals surface area contributed by atoms with Gasteiger partial charge in [0.05, 0.1) is 24.4 Å². The molecule has 0 unspecified atom stereocenters. The van der Waals surface area contributed by atoms with Gasteiger partial charge < -0.3 is 78.9 Å². The second-order valence-electron chi connectivity index (χ2n) is 16.2. The van der Waals surface area contributed by atoms with Crippen molar-refractivity contribution in [3.8, 4) is 0 Å². The fourth-order valence-corrected chi connectivity index (χ4v) is 12.3. The topological polar surface area (TPSA) is 672 Å². The van der Waals surface area contributed by atoms with Crippen molar-refractivity contribution in [2.24, 2.45) is 0 Å². The number of hydrogen-bond donors (Lipinski definition) is 0. The summed E-state index contributed by atoms with van der Waals surface area (Å²) in [7, 11) is -57.1. The van der Waals surface area contributed by atoms with Gasteiger partial charge in [0, 0.05) is 6.61 Å². The Hall–Kier alpha value is 7.51. The molecule has 0 aromatic carbocycles. The van der Waals surface area contributed by atoms with Gasteiger partial charge in [-0.2, -0.15) is 0 Å². The molecule has 0 N–H and O–H groups in total. The van der Waals surface area contributed by atoms with Gasteiger partial charge in [0.25, 0.3) is 0 Å². The Bertz CT molecular complexity index is 3230. The van der Waals surface area contributed by atoms with E-state index in [9.17, 15) is 117 Å². The number of rotatable bonds is 27. The maximum atomic E-state index is 12.5. The first-order chi connectivity index (χ1) is 35.8. The SMILES string of the molecule is CCCO[C@@H]1O[C@@H](C)[C@@H](OS(=O)(=O)[O-])[C@@H](O[C@@H]2O[C@@H](C)[C@@H](OS(=O)(=O)[O-])[C@@H](O[C@@H]3O[C@@H](C)[C@@H](OS(=O)(=O)[O-])[C@@H](O[C@@H]4O[C@@H](C)[C@@H](OS(=O)(=O)[O-])[C@@H](OS(=O)(=O)[O-])[C@@H]4OS(=O)(=O)[O-])[C@@H]3OS(=O)(=O)[O-])[C@@H]2OS(=O)(=O)[O-])[C@@H]1OS(=O)(=O)[O-].[Na+].[Na+].[Na+].[Na+].[Na+].[Na+].[Na+].[Na+].[Na+]. The first-order valence-corrected chi connectivity index (χ1v) is 32.8. The van der Waals surface area contributed by atoms with Crippen LogP contribution < -0.4 is 266 Å². The van der Waals surface area contributed by atoms with Gasteiger partial charge in [-0.25, -0.2) is 75.8 Å². The van der Waals surface area contributed by atoms with Crippen molar-refractivity contribution in [2.75, 3.05) is 6.61 Å². The summed E-state index contributed by atoms with van der Waals surface area (Å²) in [5.74, 6) is 0. The second-order valence-corrected chi connectivity index (χ2v) is 25.3. The maximum Gasteiger partial charge on any atom is 1.00 e. The summed E-state index contributed by atoms with van der Waals surface area (Å²) in [5, 5.41) is 0. The minimum atomic E-state index is -6.62. The van der Waals surface area contributed by atoms with Crippen LogP contribution in [0.2, 0.25) is 0 Å². The van der Waals surface area contributed by atoms with Gasteiger partial charge in [-0.3, -0.25) is 37.6 Å². The zero-order valence-electron chi connectivity index (χ0n) is 48.6. The van der Waals surface area contributed by atoms with E-state index in [0.717, 1.165) is 6.92 Å². The van der Waals surface area contributed by atoms with Crippen LogP contribution in [0, 0.1) is 0 Å². The monoisotopic (exact) mass is 1560 g/mol. The number of hydrogen-bond acceptors (Lipinski definition) is 44. The Balaban J connectivity index is -0.00000191. The zero-order chi connectivity index (χ0) is 61.5. The molecule has 20 atom stereocenters. The van der Waals surface area contributed by atoms with E-state index in [1.54, 1.807) is 0 Å². The third-order valence-electron chi connectivity index (χ3n) is 10.3. The van der Waals surface area contributed by atoms with Crippen molar-refractivity contribution < 1.29 is 458 Å². The third-order valence-corrected chi connectivity index (χ3v) is 14.5. The third kappa shape index (κ3) is 37.9. The zero-order valence-corrected chi connectivity index (χ0v) is 73.9. The summed E-state index contributed by atoms with van der Waals surface area (Å²) in [4.78, 5) is 0. The molecule has 0 aromatic rings. The first-order valence-electron chi connectivity index (χ1n) is 20.8. The Morgan fingerprint density at radius 2 is 0.416 bits per heavy atom. The molecule has 474 valence electrons. The van der Waals surface area contributed by atoms with E-state index in [1.165, 1.54) is 6.92 Å². The van der Waals surface area contributed by atoms with Crippen molar-refractivity contribution in [3.63, 3.8) is 0 Å². The molecular formula is C27H39Na9O44S9. The van der Waals surface area contributed by atoms with Crippen molar-refractivity contribution >= 4 is 93.6 Å². The van der Waals surface area contributed by atoms with Crippen molar-refractivity contribution in [1.82, 2.24) is 0 Å². The van der Waals surface area contributed by atoms with Crippen LogP contribution in [-0.2, 0) is 169 Å². The van der Waals surface area contributed by atoms with Crippen LogP contribution in [0.1, 0.15) is 41.0 Å². The average Bonchev–Trinajstić information content (AvgIpc) is 3.20. The van der Waals surface area contributed by atoms with E-state index in [0.29, 0.717) is 20.8 Å². The standard InChI is InChI=1S/C27H48O44S9.9Na/c1-6-7-55-24-20(68-77(43,44)45)16(12(8(2)56-24)63-72(28,29)30)60-25-21(69-78(46,47)48)17(13(9(3)57-25)64-73(31,32)33)61-26-22(70-79(49,50)51)18(14(10(4)58-26)65-74(34,35)36)62-27-23(71-80(52,53)54)19(67-76(40,41)42)15(11(5)59-27)66-75(37,38)39;;;;;;;;;/h8-27H,6-7H2,1-5H3,(H,28,29,30)(H,31,32,33)(H,34,35,36)(H,37,38,39)(H,40,41,42)(H,43,44,45)(H,46,47,48)(H,49,50,51)(H,52,53,54);;;;;;;;;/q;9*+1/p-9/t8-,9-,10-,11-,12+,13+,14+,15+,16+,17+,18+,19+,20-,21-,22-,23-,24+,25-,26-,27-;;;;;;;;;/m0........./s1. The Kier molecular flexibility index (Phi) is 52.2. The fourth-order valence-electron chi connectivity index (χ4n) is 7.79.